The highest BCUT2D eigenvalue weighted by molar-refractivity contribution is 5.97. The molecule has 0 aliphatic rings. The fourth-order valence-electron chi connectivity index (χ4n) is 3.58. The lowest BCUT2D eigenvalue weighted by molar-refractivity contribution is 0.0739. The van der Waals surface area contributed by atoms with Crippen LogP contribution in [0.1, 0.15) is 66.9 Å². The van der Waals surface area contributed by atoms with Gasteiger partial charge in [0, 0.05) is 18.7 Å². The molecule has 4 nitrogen and oxygen atoms in total. The molecule has 148 valence electrons. The highest BCUT2D eigenvalue weighted by atomic mass is 16.2. The molecule has 0 aliphatic carbocycles. The highest BCUT2D eigenvalue weighted by Gasteiger charge is 2.17. The summed E-state index contributed by atoms with van der Waals surface area (Å²) in [7, 11) is 0. The Bertz CT molecular complexity index is 900. The summed E-state index contributed by atoms with van der Waals surface area (Å²) in [6.07, 6.45) is 8.99. The minimum atomic E-state index is 0.0910. The molecule has 0 fully saturated rings. The van der Waals surface area contributed by atoms with Gasteiger partial charge in [-0.2, -0.15) is 0 Å². The zero-order valence-electron chi connectivity index (χ0n) is 17.1. The van der Waals surface area contributed by atoms with Gasteiger partial charge >= 0.3 is 0 Å². The van der Waals surface area contributed by atoms with Gasteiger partial charge < -0.3 is 9.88 Å². The number of carbonyl (C=O) groups excluding carboxylic acids is 1. The second kappa shape index (κ2) is 10.1. The topological polar surface area (TPSA) is 49.0 Å². The number of nitrogens with one attached hydrogen (secondary N) is 1. The van der Waals surface area contributed by atoms with E-state index in [2.05, 4.69) is 35.9 Å². The second-order valence-corrected chi connectivity index (χ2v) is 7.56. The number of aromatic nitrogens is 2. The zero-order chi connectivity index (χ0) is 19.8. The lowest BCUT2D eigenvalue weighted by atomic mass is 10.1. The van der Waals surface area contributed by atoms with Crippen LogP contribution in [0.15, 0.2) is 48.8 Å². The number of hydrogen-bond donors (Lipinski definition) is 1. The van der Waals surface area contributed by atoms with Gasteiger partial charge in [0.2, 0.25) is 0 Å². The molecule has 0 unspecified atom stereocenters. The summed E-state index contributed by atoms with van der Waals surface area (Å²) in [5.74, 6) is 0.0910. The molecule has 1 aromatic heterocycles. The number of fused-ring (bicyclic) bond motifs is 1. The van der Waals surface area contributed by atoms with Crippen LogP contribution in [0, 0.1) is 6.92 Å². The Balaban J connectivity index is 1.72. The molecule has 2 aromatic carbocycles. The van der Waals surface area contributed by atoms with Crippen molar-refractivity contribution < 1.29 is 4.79 Å². The van der Waals surface area contributed by atoms with Gasteiger partial charge in [-0.25, -0.2) is 4.98 Å². The summed E-state index contributed by atoms with van der Waals surface area (Å²) in [6, 6.07) is 14.0. The van der Waals surface area contributed by atoms with Crippen molar-refractivity contribution in [2.45, 2.75) is 58.9 Å². The fraction of sp³-hybridized carbons (Fsp3) is 0.417. The third kappa shape index (κ3) is 5.22. The lowest BCUT2D eigenvalue weighted by Crippen LogP contribution is -2.31. The molecule has 0 bridgehead atoms. The number of benzene rings is 2. The number of aryl methyl sites for hydroxylation is 1. The van der Waals surface area contributed by atoms with Crippen LogP contribution in [0.4, 0.5) is 0 Å². The van der Waals surface area contributed by atoms with Gasteiger partial charge in [0.05, 0.1) is 17.4 Å². The number of aromatic amines is 1. The number of hydrogen-bond acceptors (Lipinski definition) is 2. The molecule has 3 aromatic rings. The molecule has 0 spiro atoms. The molecule has 1 N–H and O–H groups in total. The van der Waals surface area contributed by atoms with Crippen LogP contribution < -0.4 is 0 Å². The summed E-state index contributed by atoms with van der Waals surface area (Å²) in [5, 5.41) is 0. The predicted octanol–water partition coefficient (Wildman–Crippen LogP) is 5.87. The average Bonchev–Trinajstić information content (AvgIpc) is 3.18. The molecule has 1 amide bonds. The SMILES string of the molecule is CCCCCCCCN(Cc1ccccc1C)C(=O)c1ccc2nc[nH]c2c1. The average molecular weight is 378 g/mol. The Hall–Kier alpha value is -2.62. The van der Waals surface area contributed by atoms with E-state index < -0.39 is 0 Å². The Morgan fingerprint density at radius 2 is 1.82 bits per heavy atom. The minimum absolute atomic E-state index is 0.0910. The van der Waals surface area contributed by atoms with Gasteiger partial charge in [-0.1, -0.05) is 63.3 Å². The maximum Gasteiger partial charge on any atom is 0.254 e. The largest absolute Gasteiger partial charge is 0.345 e. The Kier molecular flexibility index (Phi) is 7.24. The number of unbranched alkanes of at least 4 members (excludes halogenated alkanes) is 5. The van der Waals surface area contributed by atoms with Gasteiger partial charge in [0.15, 0.2) is 0 Å². The third-order valence-corrected chi connectivity index (χ3v) is 5.36. The Morgan fingerprint density at radius 3 is 2.64 bits per heavy atom. The van der Waals surface area contributed by atoms with E-state index in [1.807, 2.05) is 35.2 Å². The number of nitrogens with zero attached hydrogens (tertiary/aromatic N) is 2. The molecular formula is C24H31N3O. The Morgan fingerprint density at radius 1 is 1.04 bits per heavy atom. The van der Waals surface area contributed by atoms with E-state index >= 15 is 0 Å². The normalized spacial score (nSPS) is 11.1. The van der Waals surface area contributed by atoms with Crippen molar-refractivity contribution in [3.8, 4) is 0 Å². The van der Waals surface area contributed by atoms with Gasteiger partial charge in [-0.15, -0.1) is 0 Å². The van der Waals surface area contributed by atoms with Crippen molar-refractivity contribution >= 4 is 16.9 Å². The van der Waals surface area contributed by atoms with Crippen molar-refractivity contribution in [3.63, 3.8) is 0 Å². The molecule has 0 radical (unpaired) electrons. The van der Waals surface area contributed by atoms with E-state index in [0.29, 0.717) is 6.54 Å². The number of H-pyrrole nitrogens is 1. The van der Waals surface area contributed by atoms with Gasteiger partial charge in [0.25, 0.3) is 5.91 Å². The highest BCUT2D eigenvalue weighted by Crippen LogP contribution is 2.18. The predicted molar refractivity (Wildman–Crippen MR) is 115 cm³/mol. The number of imidazole rings is 1. The molecule has 4 heteroatoms. The first-order valence-electron chi connectivity index (χ1n) is 10.5. The Labute approximate surface area is 168 Å². The number of amides is 1. The van der Waals surface area contributed by atoms with Crippen LogP contribution in [-0.4, -0.2) is 27.3 Å². The maximum absolute atomic E-state index is 13.3. The first kappa shape index (κ1) is 20.1. The van der Waals surface area contributed by atoms with Crippen LogP contribution in [0.25, 0.3) is 11.0 Å². The summed E-state index contributed by atoms with van der Waals surface area (Å²) in [5.41, 5.74) is 4.95. The van der Waals surface area contributed by atoms with Crippen LogP contribution in [0.3, 0.4) is 0 Å². The molecule has 0 saturated carbocycles. The van der Waals surface area contributed by atoms with E-state index in [4.69, 9.17) is 0 Å². The molecule has 3 rings (SSSR count). The minimum Gasteiger partial charge on any atom is -0.345 e. The van der Waals surface area contributed by atoms with E-state index in [1.54, 1.807) is 6.33 Å². The van der Waals surface area contributed by atoms with Crippen molar-refractivity contribution in [2.75, 3.05) is 6.54 Å². The number of carbonyl (C=O) groups is 1. The van der Waals surface area contributed by atoms with Crippen molar-refractivity contribution in [3.05, 3.63) is 65.5 Å². The third-order valence-electron chi connectivity index (χ3n) is 5.36. The van der Waals surface area contributed by atoms with Gasteiger partial charge in [-0.3, -0.25) is 4.79 Å². The van der Waals surface area contributed by atoms with Gasteiger partial charge in [-0.05, 0) is 42.7 Å². The maximum atomic E-state index is 13.3. The first-order chi connectivity index (χ1) is 13.7. The molecule has 28 heavy (non-hydrogen) atoms. The summed E-state index contributed by atoms with van der Waals surface area (Å²) < 4.78 is 0. The van der Waals surface area contributed by atoms with E-state index in [9.17, 15) is 4.79 Å². The zero-order valence-corrected chi connectivity index (χ0v) is 17.1. The molecule has 0 saturated heterocycles. The van der Waals surface area contributed by atoms with Crippen molar-refractivity contribution in [2.24, 2.45) is 0 Å². The molecular weight excluding hydrogens is 346 g/mol. The van der Waals surface area contributed by atoms with E-state index in [1.165, 1.54) is 43.2 Å². The van der Waals surface area contributed by atoms with Crippen molar-refractivity contribution in [1.29, 1.82) is 0 Å². The van der Waals surface area contributed by atoms with E-state index in [-0.39, 0.29) is 5.91 Å². The quantitative estimate of drug-likeness (QED) is 0.449. The van der Waals surface area contributed by atoms with Crippen LogP contribution >= 0.6 is 0 Å². The summed E-state index contributed by atoms with van der Waals surface area (Å²) >= 11 is 0. The van der Waals surface area contributed by atoms with Gasteiger partial charge in [0.1, 0.15) is 0 Å². The number of rotatable bonds is 10. The summed E-state index contributed by atoms with van der Waals surface area (Å²) in [4.78, 5) is 22.6. The van der Waals surface area contributed by atoms with Crippen LogP contribution in [0.5, 0.6) is 0 Å². The van der Waals surface area contributed by atoms with Crippen molar-refractivity contribution in [1.82, 2.24) is 14.9 Å². The standard InChI is InChI=1S/C24H31N3O/c1-3-4-5-6-7-10-15-27(17-21-12-9-8-11-19(21)2)24(28)20-13-14-22-23(16-20)26-18-25-22/h8-9,11-14,16,18H,3-7,10,15,17H2,1-2H3,(H,25,26). The lowest BCUT2D eigenvalue weighted by Gasteiger charge is -2.24. The second-order valence-electron chi connectivity index (χ2n) is 7.56. The monoisotopic (exact) mass is 377 g/mol. The molecule has 0 atom stereocenters. The smallest absolute Gasteiger partial charge is 0.254 e. The van der Waals surface area contributed by atoms with Crippen LogP contribution in [-0.2, 0) is 6.54 Å². The molecule has 1 heterocycles. The summed E-state index contributed by atoms with van der Waals surface area (Å²) in [6.45, 7) is 5.79. The molecule has 0 aliphatic heterocycles. The van der Waals surface area contributed by atoms with E-state index in [0.717, 1.165) is 29.6 Å². The first-order valence-corrected chi connectivity index (χ1v) is 10.5. The van der Waals surface area contributed by atoms with Crippen LogP contribution in [0.2, 0.25) is 0 Å². The fourth-order valence-corrected chi connectivity index (χ4v) is 3.58.